The van der Waals surface area contributed by atoms with E-state index >= 15 is 0 Å². The molecule has 0 aliphatic heterocycles. The maximum atomic E-state index is 12.2. The molecule has 0 aliphatic carbocycles. The fourth-order valence-electron chi connectivity index (χ4n) is 1.57. The molecule has 7 nitrogen and oxygen atoms in total. The fourth-order valence-corrected chi connectivity index (χ4v) is 1.57. The van der Waals surface area contributed by atoms with Gasteiger partial charge in [0.15, 0.2) is 0 Å². The second kappa shape index (κ2) is 5.94. The molecule has 100 valence electrons. The van der Waals surface area contributed by atoms with Crippen LogP contribution in [0.25, 0.3) is 0 Å². The number of hydrogen-bond acceptors (Lipinski definition) is 5. The fraction of sp³-hybridized carbons (Fsp3) is 0.333. The van der Waals surface area contributed by atoms with Gasteiger partial charge in [-0.3, -0.25) is 15.1 Å². The molecule has 2 aromatic rings. The maximum Gasteiger partial charge on any atom is 0.261 e. The molecule has 0 atom stereocenters. The Balaban J connectivity index is 2.17. The molecule has 2 N–H and O–H groups in total. The van der Waals surface area contributed by atoms with Crippen molar-refractivity contribution in [1.29, 1.82) is 0 Å². The predicted octanol–water partition coefficient (Wildman–Crippen LogP) is 1.28. The van der Waals surface area contributed by atoms with Crippen molar-refractivity contribution in [2.45, 2.75) is 13.3 Å². The molecule has 7 heteroatoms. The number of pyridine rings is 1. The van der Waals surface area contributed by atoms with Crippen LogP contribution in [-0.4, -0.2) is 32.2 Å². The summed E-state index contributed by atoms with van der Waals surface area (Å²) in [4.78, 5) is 20.1. The molecule has 0 aromatic carbocycles. The van der Waals surface area contributed by atoms with E-state index in [1.165, 1.54) is 17.2 Å². The number of aromatic nitrogens is 4. The lowest BCUT2D eigenvalue weighted by Gasteiger charge is -2.10. The van der Waals surface area contributed by atoms with Crippen molar-refractivity contribution < 1.29 is 4.79 Å². The van der Waals surface area contributed by atoms with Crippen LogP contribution in [0.4, 0.5) is 11.6 Å². The number of nitrogens with one attached hydrogen (secondary N) is 2. The number of aryl methyl sites for hydroxylation is 1. The van der Waals surface area contributed by atoms with Crippen molar-refractivity contribution >= 4 is 17.5 Å². The molecule has 0 unspecified atom stereocenters. The molecule has 2 aromatic heterocycles. The zero-order valence-corrected chi connectivity index (χ0v) is 10.9. The van der Waals surface area contributed by atoms with Crippen LogP contribution in [0.3, 0.4) is 0 Å². The number of rotatable bonds is 5. The smallest absolute Gasteiger partial charge is 0.261 e. The Morgan fingerprint density at radius 3 is 3.00 bits per heavy atom. The van der Waals surface area contributed by atoms with Gasteiger partial charge in [-0.05, 0) is 12.5 Å². The third kappa shape index (κ3) is 3.06. The largest absolute Gasteiger partial charge is 0.384 e. The molecule has 2 heterocycles. The molecular weight excluding hydrogens is 244 g/mol. The van der Waals surface area contributed by atoms with Gasteiger partial charge in [0.05, 0.1) is 11.3 Å². The average Bonchev–Trinajstić information content (AvgIpc) is 2.82. The van der Waals surface area contributed by atoms with E-state index in [-0.39, 0.29) is 5.91 Å². The Morgan fingerprint density at radius 1 is 1.47 bits per heavy atom. The molecule has 0 radical (unpaired) electrons. The summed E-state index contributed by atoms with van der Waals surface area (Å²) >= 11 is 0. The first kappa shape index (κ1) is 13.0. The Labute approximate surface area is 111 Å². The van der Waals surface area contributed by atoms with Crippen LogP contribution in [0.1, 0.15) is 23.7 Å². The lowest BCUT2D eigenvalue weighted by atomic mass is 10.2. The molecular formula is C12H16N6O. The van der Waals surface area contributed by atoms with Crippen molar-refractivity contribution in [1.82, 2.24) is 19.7 Å². The Hall–Kier alpha value is -2.44. The Bertz CT molecular complexity index is 565. The first-order valence-corrected chi connectivity index (χ1v) is 6.05. The highest BCUT2D eigenvalue weighted by atomic mass is 16.1. The summed E-state index contributed by atoms with van der Waals surface area (Å²) in [7, 11) is 1.71. The molecule has 1 amide bonds. The molecule has 0 spiro atoms. The summed E-state index contributed by atoms with van der Waals surface area (Å²) in [6.07, 6.45) is 5.54. The van der Waals surface area contributed by atoms with Gasteiger partial charge in [-0.15, -0.1) is 0 Å². The number of nitrogens with zero attached hydrogens (tertiary/aromatic N) is 4. The van der Waals surface area contributed by atoms with E-state index in [2.05, 4.69) is 32.6 Å². The summed E-state index contributed by atoms with van der Waals surface area (Å²) in [5, 5.41) is 9.78. The van der Waals surface area contributed by atoms with Gasteiger partial charge in [-0.1, -0.05) is 6.92 Å². The zero-order chi connectivity index (χ0) is 13.7. The number of hydrogen-bond donors (Lipinski definition) is 2. The Morgan fingerprint density at radius 2 is 2.32 bits per heavy atom. The van der Waals surface area contributed by atoms with E-state index in [4.69, 9.17) is 0 Å². The topological polar surface area (TPSA) is 84.7 Å². The van der Waals surface area contributed by atoms with Crippen molar-refractivity contribution in [3.8, 4) is 0 Å². The minimum atomic E-state index is -0.261. The van der Waals surface area contributed by atoms with E-state index in [1.807, 2.05) is 0 Å². The molecule has 0 saturated carbocycles. The van der Waals surface area contributed by atoms with Gasteiger partial charge in [0, 0.05) is 26.0 Å². The zero-order valence-electron chi connectivity index (χ0n) is 10.9. The van der Waals surface area contributed by atoms with Crippen LogP contribution in [0, 0.1) is 0 Å². The summed E-state index contributed by atoms with van der Waals surface area (Å²) in [5.41, 5.74) is 1.25. The van der Waals surface area contributed by atoms with Crippen molar-refractivity contribution in [2.75, 3.05) is 17.2 Å². The van der Waals surface area contributed by atoms with Crippen molar-refractivity contribution in [2.24, 2.45) is 7.05 Å². The van der Waals surface area contributed by atoms with Crippen LogP contribution in [0.5, 0.6) is 0 Å². The number of amides is 1. The van der Waals surface area contributed by atoms with Crippen LogP contribution >= 0.6 is 0 Å². The third-order valence-corrected chi connectivity index (χ3v) is 2.57. The van der Waals surface area contributed by atoms with Crippen LogP contribution in [-0.2, 0) is 7.05 Å². The minimum Gasteiger partial charge on any atom is -0.384 e. The maximum absolute atomic E-state index is 12.2. The van der Waals surface area contributed by atoms with Gasteiger partial charge in [0.25, 0.3) is 5.91 Å². The monoisotopic (exact) mass is 260 g/mol. The quantitative estimate of drug-likeness (QED) is 0.846. The van der Waals surface area contributed by atoms with Gasteiger partial charge in [-0.25, -0.2) is 4.68 Å². The highest BCUT2D eigenvalue weighted by Crippen LogP contribution is 2.15. The van der Waals surface area contributed by atoms with Gasteiger partial charge >= 0.3 is 0 Å². The van der Waals surface area contributed by atoms with E-state index in [1.54, 1.807) is 19.3 Å². The lowest BCUT2D eigenvalue weighted by molar-refractivity contribution is 0.102. The van der Waals surface area contributed by atoms with Gasteiger partial charge in [0.1, 0.15) is 6.33 Å². The molecule has 19 heavy (non-hydrogen) atoms. The molecule has 2 rings (SSSR count). The normalized spacial score (nSPS) is 10.2. The van der Waals surface area contributed by atoms with E-state index in [9.17, 15) is 4.79 Å². The standard InChI is InChI=1S/C12H16N6O/c1-3-5-14-10-4-6-13-7-9(10)11(19)17-12-15-8-16-18(12)2/h4,6-8H,3,5H2,1-2H3,(H,13,14)(H,15,16,17,19). The van der Waals surface area contributed by atoms with Gasteiger partial charge in [-0.2, -0.15) is 10.1 Å². The second-order valence-corrected chi connectivity index (χ2v) is 4.01. The average molecular weight is 260 g/mol. The summed E-state index contributed by atoms with van der Waals surface area (Å²) in [5.74, 6) is 0.137. The van der Waals surface area contributed by atoms with Crippen LogP contribution in [0.2, 0.25) is 0 Å². The van der Waals surface area contributed by atoms with Gasteiger partial charge in [0.2, 0.25) is 5.95 Å². The predicted molar refractivity (Wildman–Crippen MR) is 72.0 cm³/mol. The molecule has 0 aliphatic rings. The van der Waals surface area contributed by atoms with Crippen LogP contribution in [0.15, 0.2) is 24.8 Å². The van der Waals surface area contributed by atoms with Crippen molar-refractivity contribution in [3.63, 3.8) is 0 Å². The molecule has 0 saturated heterocycles. The number of carbonyl (C=O) groups excluding carboxylic acids is 1. The molecule has 0 bridgehead atoms. The first-order chi connectivity index (χ1) is 9.22. The number of carbonyl (C=O) groups is 1. The number of anilines is 2. The highest BCUT2D eigenvalue weighted by Gasteiger charge is 2.13. The second-order valence-electron chi connectivity index (χ2n) is 4.01. The molecule has 0 fully saturated rings. The van der Waals surface area contributed by atoms with Crippen LogP contribution < -0.4 is 10.6 Å². The third-order valence-electron chi connectivity index (χ3n) is 2.57. The minimum absolute atomic E-state index is 0.261. The summed E-state index contributed by atoms with van der Waals surface area (Å²) in [6, 6.07) is 1.78. The van der Waals surface area contributed by atoms with E-state index in [0.717, 1.165) is 18.7 Å². The first-order valence-electron chi connectivity index (χ1n) is 6.05. The Kier molecular flexibility index (Phi) is 4.07. The lowest BCUT2D eigenvalue weighted by Crippen LogP contribution is -2.18. The SMILES string of the molecule is CCCNc1ccncc1C(=O)Nc1ncnn1C. The summed E-state index contributed by atoms with van der Waals surface area (Å²) in [6.45, 7) is 2.86. The summed E-state index contributed by atoms with van der Waals surface area (Å²) < 4.78 is 1.49. The van der Waals surface area contributed by atoms with E-state index < -0.39 is 0 Å². The highest BCUT2D eigenvalue weighted by molar-refractivity contribution is 6.07. The van der Waals surface area contributed by atoms with Crippen molar-refractivity contribution in [3.05, 3.63) is 30.4 Å². The van der Waals surface area contributed by atoms with Gasteiger partial charge < -0.3 is 5.32 Å². The van der Waals surface area contributed by atoms with E-state index in [0.29, 0.717) is 11.5 Å².